The van der Waals surface area contributed by atoms with Crippen molar-refractivity contribution >= 4 is 11.3 Å². The minimum Gasteiger partial charge on any atom is -0.486 e. The van der Waals surface area contributed by atoms with Crippen molar-refractivity contribution in [2.75, 3.05) is 6.54 Å². The number of aromatic nitrogens is 1. The largest absolute Gasteiger partial charge is 0.486 e. The van der Waals surface area contributed by atoms with Crippen molar-refractivity contribution in [1.82, 2.24) is 10.3 Å². The number of benzene rings is 1. The zero-order chi connectivity index (χ0) is 15.3. The minimum atomic E-state index is -0.505. The third kappa shape index (κ3) is 4.29. The molecule has 2 aromatic rings. The summed E-state index contributed by atoms with van der Waals surface area (Å²) in [6.45, 7) is 1.85. The van der Waals surface area contributed by atoms with E-state index in [4.69, 9.17) is 4.74 Å². The van der Waals surface area contributed by atoms with Crippen LogP contribution in [-0.2, 0) is 13.2 Å². The van der Waals surface area contributed by atoms with Gasteiger partial charge in [0.2, 0.25) is 0 Å². The Balaban J connectivity index is 1.43. The minimum absolute atomic E-state index is 0.499. The fourth-order valence-electron chi connectivity index (χ4n) is 2.79. The Morgan fingerprint density at radius 2 is 2.00 bits per heavy atom. The van der Waals surface area contributed by atoms with Crippen LogP contribution in [0.15, 0.2) is 35.7 Å². The molecule has 22 heavy (non-hydrogen) atoms. The predicted octanol–water partition coefficient (Wildman–Crippen LogP) is 3.12. The van der Waals surface area contributed by atoms with E-state index < -0.39 is 5.60 Å². The van der Waals surface area contributed by atoms with E-state index in [1.165, 1.54) is 0 Å². The molecule has 1 aromatic carbocycles. The molecule has 0 bridgehead atoms. The molecule has 1 aliphatic carbocycles. The average molecular weight is 318 g/mol. The summed E-state index contributed by atoms with van der Waals surface area (Å²) >= 11 is 1.61. The van der Waals surface area contributed by atoms with Crippen LogP contribution in [0.25, 0.3) is 0 Å². The molecule has 0 radical (unpaired) electrons. The molecule has 118 valence electrons. The lowest BCUT2D eigenvalue weighted by molar-refractivity contribution is 0.0474. The molecule has 1 fully saturated rings. The Kier molecular flexibility index (Phi) is 5.08. The Bertz CT molecular complexity index is 579. The van der Waals surface area contributed by atoms with Crippen LogP contribution < -0.4 is 10.1 Å². The zero-order valence-electron chi connectivity index (χ0n) is 12.6. The maximum absolute atomic E-state index is 10.3. The van der Waals surface area contributed by atoms with Gasteiger partial charge in [0, 0.05) is 18.5 Å². The van der Waals surface area contributed by atoms with Crippen molar-refractivity contribution in [3.05, 3.63) is 46.4 Å². The van der Waals surface area contributed by atoms with Gasteiger partial charge < -0.3 is 15.2 Å². The molecule has 0 aliphatic heterocycles. The summed E-state index contributed by atoms with van der Waals surface area (Å²) in [5.74, 6) is 0.862. The molecular weight excluding hydrogens is 296 g/mol. The number of hydrogen-bond donors (Lipinski definition) is 2. The summed E-state index contributed by atoms with van der Waals surface area (Å²) in [6, 6.07) is 9.77. The van der Waals surface area contributed by atoms with Crippen molar-refractivity contribution in [1.29, 1.82) is 0 Å². The van der Waals surface area contributed by atoms with Crippen LogP contribution in [0.1, 0.15) is 36.4 Å². The lowest BCUT2D eigenvalue weighted by atomic mass is 10.0. The summed E-state index contributed by atoms with van der Waals surface area (Å²) in [5.41, 5.74) is 0.508. The van der Waals surface area contributed by atoms with Crippen LogP contribution in [0.5, 0.6) is 5.75 Å². The Labute approximate surface area is 135 Å². The normalized spacial score (nSPS) is 16.8. The van der Waals surface area contributed by atoms with E-state index in [1.54, 1.807) is 11.3 Å². The SMILES string of the molecule is OC1(CNCc2csc(COc3ccccc3)n2)CCCC1. The molecule has 3 rings (SSSR count). The van der Waals surface area contributed by atoms with Crippen molar-refractivity contribution in [2.45, 2.75) is 44.4 Å². The molecule has 0 atom stereocenters. The van der Waals surface area contributed by atoms with Crippen LogP contribution in [0.3, 0.4) is 0 Å². The monoisotopic (exact) mass is 318 g/mol. The maximum Gasteiger partial charge on any atom is 0.140 e. The number of rotatable bonds is 7. The van der Waals surface area contributed by atoms with Crippen LogP contribution >= 0.6 is 11.3 Å². The number of hydrogen-bond acceptors (Lipinski definition) is 5. The van der Waals surface area contributed by atoms with Gasteiger partial charge in [-0.2, -0.15) is 0 Å². The highest BCUT2D eigenvalue weighted by atomic mass is 32.1. The number of thiazole rings is 1. The van der Waals surface area contributed by atoms with Gasteiger partial charge in [-0.1, -0.05) is 31.0 Å². The maximum atomic E-state index is 10.3. The van der Waals surface area contributed by atoms with E-state index in [0.717, 1.165) is 42.1 Å². The van der Waals surface area contributed by atoms with Gasteiger partial charge in [0.15, 0.2) is 0 Å². The lowest BCUT2D eigenvalue weighted by Gasteiger charge is -2.22. The first kappa shape index (κ1) is 15.5. The van der Waals surface area contributed by atoms with Gasteiger partial charge in [0.05, 0.1) is 11.3 Å². The average Bonchev–Trinajstić information content (AvgIpc) is 3.16. The molecule has 0 unspecified atom stereocenters. The zero-order valence-corrected chi connectivity index (χ0v) is 13.4. The fraction of sp³-hybridized carbons (Fsp3) is 0.471. The smallest absolute Gasteiger partial charge is 0.140 e. The highest BCUT2D eigenvalue weighted by Crippen LogP contribution is 2.28. The highest BCUT2D eigenvalue weighted by molar-refractivity contribution is 7.09. The van der Waals surface area contributed by atoms with Crippen molar-refractivity contribution in [3.63, 3.8) is 0 Å². The third-order valence-electron chi connectivity index (χ3n) is 4.00. The van der Waals surface area contributed by atoms with Crippen molar-refractivity contribution in [3.8, 4) is 5.75 Å². The molecule has 1 aromatic heterocycles. The molecule has 1 aliphatic rings. The Morgan fingerprint density at radius 3 is 2.77 bits per heavy atom. The predicted molar refractivity (Wildman–Crippen MR) is 88.0 cm³/mol. The van der Waals surface area contributed by atoms with Crippen LogP contribution in [0.2, 0.25) is 0 Å². The first-order chi connectivity index (χ1) is 10.7. The van der Waals surface area contributed by atoms with Gasteiger partial charge in [-0.25, -0.2) is 4.98 Å². The van der Waals surface area contributed by atoms with E-state index >= 15 is 0 Å². The van der Waals surface area contributed by atoms with Gasteiger partial charge in [0.1, 0.15) is 17.4 Å². The number of ether oxygens (including phenoxy) is 1. The molecule has 0 saturated heterocycles. The second-order valence-electron chi connectivity index (χ2n) is 5.87. The third-order valence-corrected chi connectivity index (χ3v) is 4.87. The van der Waals surface area contributed by atoms with Crippen LogP contribution in [0.4, 0.5) is 0 Å². The first-order valence-corrected chi connectivity index (χ1v) is 8.66. The van der Waals surface area contributed by atoms with Gasteiger partial charge >= 0.3 is 0 Å². The quantitative estimate of drug-likeness (QED) is 0.823. The number of nitrogens with zero attached hydrogens (tertiary/aromatic N) is 1. The standard InChI is InChI=1S/C17H22N2O2S/c20-17(8-4-5-9-17)13-18-10-14-12-22-16(19-14)11-21-15-6-2-1-3-7-15/h1-3,6-7,12,18,20H,4-5,8-11,13H2. The second kappa shape index (κ2) is 7.22. The topological polar surface area (TPSA) is 54.4 Å². The van der Waals surface area contributed by atoms with E-state index in [-0.39, 0.29) is 0 Å². The Hall–Kier alpha value is -1.43. The van der Waals surface area contributed by atoms with Gasteiger partial charge in [-0.15, -0.1) is 11.3 Å². The van der Waals surface area contributed by atoms with E-state index in [2.05, 4.69) is 15.7 Å². The van der Waals surface area contributed by atoms with Crippen LogP contribution in [0, 0.1) is 0 Å². The molecule has 0 spiro atoms. The molecular formula is C17H22N2O2S. The summed E-state index contributed by atoms with van der Waals surface area (Å²) in [7, 11) is 0. The lowest BCUT2D eigenvalue weighted by Crippen LogP contribution is -2.37. The number of nitrogens with one attached hydrogen (secondary N) is 1. The van der Waals surface area contributed by atoms with Gasteiger partial charge in [-0.05, 0) is 25.0 Å². The summed E-state index contributed by atoms with van der Waals surface area (Å²) in [4.78, 5) is 4.56. The number of para-hydroxylation sites is 1. The highest BCUT2D eigenvalue weighted by Gasteiger charge is 2.30. The molecule has 0 amide bonds. The number of aliphatic hydroxyl groups is 1. The summed E-state index contributed by atoms with van der Waals surface area (Å²) in [5, 5.41) is 16.6. The Morgan fingerprint density at radius 1 is 1.23 bits per heavy atom. The summed E-state index contributed by atoms with van der Waals surface area (Å²) < 4.78 is 5.69. The summed E-state index contributed by atoms with van der Waals surface area (Å²) in [6.07, 6.45) is 4.09. The van der Waals surface area contributed by atoms with Crippen molar-refractivity contribution < 1.29 is 9.84 Å². The molecule has 1 saturated carbocycles. The van der Waals surface area contributed by atoms with Crippen LogP contribution in [-0.4, -0.2) is 22.2 Å². The van der Waals surface area contributed by atoms with Crippen molar-refractivity contribution in [2.24, 2.45) is 0 Å². The van der Waals surface area contributed by atoms with E-state index in [0.29, 0.717) is 19.7 Å². The molecule has 5 heteroatoms. The van der Waals surface area contributed by atoms with Gasteiger partial charge in [-0.3, -0.25) is 0 Å². The second-order valence-corrected chi connectivity index (χ2v) is 6.81. The first-order valence-electron chi connectivity index (χ1n) is 7.78. The van der Waals surface area contributed by atoms with E-state index in [1.807, 2.05) is 30.3 Å². The molecule has 2 N–H and O–H groups in total. The molecule has 1 heterocycles. The van der Waals surface area contributed by atoms with E-state index in [9.17, 15) is 5.11 Å². The fourth-order valence-corrected chi connectivity index (χ4v) is 3.50. The van der Waals surface area contributed by atoms with Gasteiger partial charge in [0.25, 0.3) is 0 Å². The molecule has 4 nitrogen and oxygen atoms in total.